The van der Waals surface area contributed by atoms with Crippen molar-refractivity contribution in [1.29, 1.82) is 0 Å². The molecule has 2 nitrogen and oxygen atoms in total. The van der Waals surface area contributed by atoms with Gasteiger partial charge in [0.25, 0.3) is 0 Å². The van der Waals surface area contributed by atoms with E-state index in [1.807, 2.05) is 37.3 Å². The van der Waals surface area contributed by atoms with Crippen molar-refractivity contribution in [2.24, 2.45) is 4.99 Å². The fourth-order valence-electron chi connectivity index (χ4n) is 1.66. The Kier molecular flexibility index (Phi) is 2.86. The Hall–Kier alpha value is -1.57. The van der Waals surface area contributed by atoms with Crippen LogP contribution in [-0.2, 0) is 4.74 Å². The van der Waals surface area contributed by atoms with E-state index in [0.717, 1.165) is 23.5 Å². The van der Waals surface area contributed by atoms with Gasteiger partial charge in [-0.2, -0.15) is 0 Å². The van der Waals surface area contributed by atoms with Crippen LogP contribution in [0.4, 0.5) is 0 Å². The third kappa shape index (κ3) is 2.46. The van der Waals surface area contributed by atoms with Crippen LogP contribution in [0.5, 0.6) is 0 Å². The van der Waals surface area contributed by atoms with Gasteiger partial charge in [0.1, 0.15) is 6.61 Å². The van der Waals surface area contributed by atoms with Crippen LogP contribution in [0.25, 0.3) is 0 Å². The lowest BCUT2D eigenvalue weighted by atomic mass is 10.1. The van der Waals surface area contributed by atoms with Gasteiger partial charge in [0, 0.05) is 5.56 Å². The zero-order valence-electron chi connectivity index (χ0n) is 8.94. The third-order valence-electron chi connectivity index (χ3n) is 2.32. The minimum Gasteiger partial charge on any atom is -0.475 e. The van der Waals surface area contributed by atoms with Gasteiger partial charge in [0.2, 0.25) is 5.90 Å². The first-order valence-electron chi connectivity index (χ1n) is 5.16. The van der Waals surface area contributed by atoms with E-state index in [4.69, 9.17) is 4.74 Å². The van der Waals surface area contributed by atoms with Gasteiger partial charge in [-0.25, -0.2) is 4.99 Å². The summed E-state index contributed by atoms with van der Waals surface area (Å²) in [5.74, 6) is 0.766. The minimum atomic E-state index is 0.248. The van der Waals surface area contributed by atoms with Gasteiger partial charge in [-0.15, -0.1) is 6.58 Å². The van der Waals surface area contributed by atoms with Crippen molar-refractivity contribution in [1.82, 2.24) is 0 Å². The van der Waals surface area contributed by atoms with E-state index >= 15 is 0 Å². The van der Waals surface area contributed by atoms with Gasteiger partial charge in [-0.3, -0.25) is 0 Å². The van der Waals surface area contributed by atoms with Crippen molar-refractivity contribution >= 4 is 5.90 Å². The molecule has 0 aliphatic carbocycles. The molecule has 1 aliphatic rings. The van der Waals surface area contributed by atoms with Gasteiger partial charge < -0.3 is 4.74 Å². The smallest absolute Gasteiger partial charge is 0.216 e. The highest BCUT2D eigenvalue weighted by molar-refractivity contribution is 5.95. The molecule has 1 aliphatic heterocycles. The zero-order chi connectivity index (χ0) is 10.7. The first-order valence-corrected chi connectivity index (χ1v) is 5.16. The second-order valence-electron chi connectivity index (χ2n) is 3.93. The lowest BCUT2D eigenvalue weighted by Crippen LogP contribution is -2.06. The van der Waals surface area contributed by atoms with E-state index in [1.54, 1.807) is 0 Å². The van der Waals surface area contributed by atoms with Gasteiger partial charge in [0.15, 0.2) is 0 Å². The maximum absolute atomic E-state index is 5.56. The number of rotatable bonds is 3. The molecule has 2 rings (SSSR count). The Morgan fingerprint density at radius 1 is 1.47 bits per heavy atom. The topological polar surface area (TPSA) is 21.6 Å². The average molecular weight is 201 g/mol. The van der Waals surface area contributed by atoms with E-state index < -0.39 is 0 Å². The molecule has 0 spiro atoms. The van der Waals surface area contributed by atoms with Crippen LogP contribution in [0.1, 0.15) is 18.9 Å². The lowest BCUT2D eigenvalue weighted by molar-refractivity contribution is 0.317. The van der Waals surface area contributed by atoms with Crippen LogP contribution in [-0.4, -0.2) is 18.5 Å². The van der Waals surface area contributed by atoms with Crippen LogP contribution in [0.15, 0.2) is 47.5 Å². The molecule has 2 heteroatoms. The van der Waals surface area contributed by atoms with Crippen LogP contribution < -0.4 is 0 Å². The number of nitrogens with zero attached hydrogens (tertiary/aromatic N) is 1. The van der Waals surface area contributed by atoms with Crippen molar-refractivity contribution in [2.75, 3.05) is 6.61 Å². The lowest BCUT2D eigenvalue weighted by Gasteiger charge is -2.02. The molecule has 1 atom stereocenters. The van der Waals surface area contributed by atoms with Crippen molar-refractivity contribution in [3.05, 3.63) is 48.0 Å². The SMILES string of the molecule is C=C(C)CC1COC(c2ccccc2)=N1. The summed E-state index contributed by atoms with van der Waals surface area (Å²) in [5.41, 5.74) is 2.21. The number of hydrogen-bond acceptors (Lipinski definition) is 2. The van der Waals surface area contributed by atoms with Crippen molar-refractivity contribution < 1.29 is 4.74 Å². The van der Waals surface area contributed by atoms with Crippen LogP contribution in [0.3, 0.4) is 0 Å². The summed E-state index contributed by atoms with van der Waals surface area (Å²) in [4.78, 5) is 4.53. The van der Waals surface area contributed by atoms with Crippen LogP contribution in [0.2, 0.25) is 0 Å². The Bertz CT molecular complexity index is 381. The van der Waals surface area contributed by atoms with Gasteiger partial charge in [-0.1, -0.05) is 23.8 Å². The predicted molar refractivity (Wildman–Crippen MR) is 62.2 cm³/mol. The second-order valence-corrected chi connectivity index (χ2v) is 3.93. The number of ether oxygens (including phenoxy) is 1. The van der Waals surface area contributed by atoms with Crippen molar-refractivity contribution in [3.63, 3.8) is 0 Å². The fraction of sp³-hybridized carbons (Fsp3) is 0.308. The monoisotopic (exact) mass is 201 g/mol. The molecule has 0 aromatic heterocycles. The molecular formula is C13H15NO. The maximum Gasteiger partial charge on any atom is 0.216 e. The Morgan fingerprint density at radius 2 is 2.20 bits per heavy atom. The molecular weight excluding hydrogens is 186 g/mol. The third-order valence-corrected chi connectivity index (χ3v) is 2.32. The highest BCUT2D eigenvalue weighted by atomic mass is 16.5. The quantitative estimate of drug-likeness (QED) is 0.689. The van der Waals surface area contributed by atoms with Gasteiger partial charge in [-0.05, 0) is 25.5 Å². The number of aliphatic imine (C=N–C) groups is 1. The highest BCUT2D eigenvalue weighted by Crippen LogP contribution is 2.16. The van der Waals surface area contributed by atoms with Crippen LogP contribution in [0, 0.1) is 0 Å². The normalized spacial score (nSPS) is 19.5. The van der Waals surface area contributed by atoms with Crippen molar-refractivity contribution in [2.45, 2.75) is 19.4 Å². The zero-order valence-corrected chi connectivity index (χ0v) is 8.94. The van der Waals surface area contributed by atoms with E-state index in [-0.39, 0.29) is 6.04 Å². The summed E-state index contributed by atoms with van der Waals surface area (Å²) in [5, 5.41) is 0. The Morgan fingerprint density at radius 3 is 2.87 bits per heavy atom. The summed E-state index contributed by atoms with van der Waals surface area (Å²) < 4.78 is 5.56. The molecule has 1 unspecified atom stereocenters. The molecule has 0 saturated heterocycles. The van der Waals surface area contributed by atoms with E-state index in [2.05, 4.69) is 11.6 Å². The summed E-state index contributed by atoms with van der Waals surface area (Å²) >= 11 is 0. The fourth-order valence-corrected chi connectivity index (χ4v) is 1.66. The average Bonchev–Trinajstić information content (AvgIpc) is 2.67. The molecule has 1 aromatic rings. The number of hydrogen-bond donors (Lipinski definition) is 0. The molecule has 0 amide bonds. The Labute approximate surface area is 90.3 Å². The first kappa shape index (κ1) is 9.97. The highest BCUT2D eigenvalue weighted by Gasteiger charge is 2.19. The van der Waals surface area contributed by atoms with Crippen molar-refractivity contribution in [3.8, 4) is 0 Å². The Balaban J connectivity index is 2.10. The molecule has 0 saturated carbocycles. The number of benzene rings is 1. The van der Waals surface area contributed by atoms with E-state index in [0.29, 0.717) is 6.61 Å². The molecule has 15 heavy (non-hydrogen) atoms. The molecule has 1 heterocycles. The summed E-state index contributed by atoms with van der Waals surface area (Å²) in [6, 6.07) is 10.3. The minimum absolute atomic E-state index is 0.248. The summed E-state index contributed by atoms with van der Waals surface area (Å²) in [6.07, 6.45) is 0.913. The maximum atomic E-state index is 5.56. The molecule has 0 N–H and O–H groups in total. The summed E-state index contributed by atoms with van der Waals surface area (Å²) in [6.45, 7) is 6.59. The first-order chi connectivity index (χ1) is 7.25. The standard InChI is InChI=1S/C13H15NO/c1-10(2)8-12-9-15-13(14-12)11-6-4-3-5-7-11/h3-7,12H,1,8-9H2,2H3. The molecule has 78 valence electrons. The van der Waals surface area contributed by atoms with Gasteiger partial charge >= 0.3 is 0 Å². The largest absolute Gasteiger partial charge is 0.475 e. The predicted octanol–water partition coefficient (Wildman–Crippen LogP) is 2.80. The molecule has 0 bridgehead atoms. The van der Waals surface area contributed by atoms with Crippen LogP contribution >= 0.6 is 0 Å². The molecule has 1 aromatic carbocycles. The summed E-state index contributed by atoms with van der Waals surface area (Å²) in [7, 11) is 0. The molecule has 0 fully saturated rings. The van der Waals surface area contributed by atoms with E-state index in [9.17, 15) is 0 Å². The molecule has 0 radical (unpaired) electrons. The van der Waals surface area contributed by atoms with E-state index in [1.165, 1.54) is 0 Å². The second kappa shape index (κ2) is 4.30. The van der Waals surface area contributed by atoms with Gasteiger partial charge in [0.05, 0.1) is 6.04 Å².